The van der Waals surface area contributed by atoms with Crippen LogP contribution in [0.4, 0.5) is 18.9 Å². The van der Waals surface area contributed by atoms with Crippen LogP contribution >= 0.6 is 0 Å². The maximum absolute atomic E-state index is 13.0. The van der Waals surface area contributed by atoms with E-state index < -0.39 is 17.5 Å². The minimum atomic E-state index is -4.52. The first kappa shape index (κ1) is 18.3. The lowest BCUT2D eigenvalue weighted by Gasteiger charge is -2.46. The van der Waals surface area contributed by atoms with Gasteiger partial charge in [-0.15, -0.1) is 0 Å². The van der Waals surface area contributed by atoms with E-state index >= 15 is 0 Å². The molecule has 1 aromatic heterocycles. The third kappa shape index (κ3) is 3.08. The first-order chi connectivity index (χ1) is 13.3. The lowest BCUT2D eigenvalue weighted by Crippen LogP contribution is -2.58. The van der Waals surface area contributed by atoms with E-state index in [1.54, 1.807) is 29.2 Å². The highest BCUT2D eigenvalue weighted by molar-refractivity contribution is 6.06. The number of rotatable bonds is 2. The molecule has 0 amide bonds. The third-order valence-corrected chi connectivity index (χ3v) is 5.10. The average Bonchev–Trinajstić information content (AvgIpc) is 3.12. The standard InChI is InChI=1S/C18H20F3N7/c19-18(20,21)14-8-11-27(26-14)12-6-2-3-7-13(12)28-16(23)24-15(22)25-17(28)9-4-1-5-10-17/h2-3,6-8,11H,1,4-5,9-10H2,(H4,22,23,24,25). The lowest BCUT2D eigenvalue weighted by molar-refractivity contribution is -0.141. The number of hydrogen-bond donors (Lipinski definition) is 2. The number of alkyl halides is 3. The lowest BCUT2D eigenvalue weighted by atomic mass is 9.87. The molecule has 4 N–H and O–H groups in total. The highest BCUT2D eigenvalue weighted by Gasteiger charge is 2.43. The Morgan fingerprint density at radius 3 is 2.29 bits per heavy atom. The molecule has 1 aliphatic heterocycles. The third-order valence-electron chi connectivity index (χ3n) is 5.10. The monoisotopic (exact) mass is 391 g/mol. The second kappa shape index (κ2) is 6.54. The minimum absolute atomic E-state index is 0.117. The van der Waals surface area contributed by atoms with Gasteiger partial charge in [-0.2, -0.15) is 23.3 Å². The van der Waals surface area contributed by atoms with E-state index in [9.17, 15) is 13.2 Å². The van der Waals surface area contributed by atoms with Gasteiger partial charge in [0.2, 0.25) is 11.9 Å². The minimum Gasteiger partial charge on any atom is -0.369 e. The summed E-state index contributed by atoms with van der Waals surface area (Å²) in [4.78, 5) is 10.5. The van der Waals surface area contributed by atoms with Gasteiger partial charge in [0.1, 0.15) is 5.66 Å². The Morgan fingerprint density at radius 2 is 1.64 bits per heavy atom. The molecule has 2 heterocycles. The number of aromatic nitrogens is 2. The Hall–Kier alpha value is -3.04. The molecule has 4 rings (SSSR count). The van der Waals surface area contributed by atoms with Gasteiger partial charge in [0.15, 0.2) is 5.69 Å². The van der Waals surface area contributed by atoms with Crippen LogP contribution in [-0.4, -0.2) is 27.4 Å². The smallest absolute Gasteiger partial charge is 0.369 e. The number of anilines is 1. The van der Waals surface area contributed by atoms with E-state index in [4.69, 9.17) is 11.5 Å². The van der Waals surface area contributed by atoms with Crippen LogP contribution in [0.3, 0.4) is 0 Å². The number of guanidine groups is 2. The van der Waals surface area contributed by atoms with Crippen LogP contribution in [0.15, 0.2) is 46.5 Å². The van der Waals surface area contributed by atoms with E-state index in [-0.39, 0.29) is 11.9 Å². The zero-order valence-electron chi connectivity index (χ0n) is 15.0. The molecule has 2 aliphatic rings. The fourth-order valence-electron chi connectivity index (χ4n) is 3.93. The van der Waals surface area contributed by atoms with Crippen molar-refractivity contribution in [1.29, 1.82) is 0 Å². The number of benzene rings is 1. The molecular weight excluding hydrogens is 371 g/mol. The van der Waals surface area contributed by atoms with Gasteiger partial charge in [0.05, 0.1) is 11.4 Å². The second-order valence-electron chi connectivity index (χ2n) is 6.95. The topological polar surface area (TPSA) is 97.8 Å². The molecule has 7 nitrogen and oxygen atoms in total. The molecule has 28 heavy (non-hydrogen) atoms. The molecule has 148 valence electrons. The molecule has 2 aromatic rings. The summed E-state index contributed by atoms with van der Waals surface area (Å²) < 4.78 is 40.2. The van der Waals surface area contributed by atoms with Crippen molar-refractivity contribution in [2.45, 2.75) is 43.9 Å². The zero-order chi connectivity index (χ0) is 19.9. The van der Waals surface area contributed by atoms with Crippen molar-refractivity contribution in [3.8, 4) is 5.69 Å². The Labute approximate surface area is 159 Å². The first-order valence-corrected chi connectivity index (χ1v) is 9.02. The number of nitrogens with two attached hydrogens (primary N) is 2. The van der Waals surface area contributed by atoms with Gasteiger partial charge in [-0.05, 0) is 43.9 Å². The molecule has 1 aliphatic carbocycles. The van der Waals surface area contributed by atoms with Crippen LogP contribution in [0.25, 0.3) is 5.69 Å². The summed E-state index contributed by atoms with van der Waals surface area (Å²) in [6, 6.07) is 7.93. The van der Waals surface area contributed by atoms with Crippen LogP contribution < -0.4 is 16.4 Å². The molecule has 1 aromatic carbocycles. The summed E-state index contributed by atoms with van der Waals surface area (Å²) >= 11 is 0. The summed E-state index contributed by atoms with van der Waals surface area (Å²) in [5, 5.41) is 3.70. The van der Waals surface area contributed by atoms with Crippen LogP contribution in [0, 0.1) is 0 Å². The van der Waals surface area contributed by atoms with Gasteiger partial charge < -0.3 is 11.5 Å². The Bertz CT molecular complexity index is 939. The maximum Gasteiger partial charge on any atom is 0.435 e. The number of hydrogen-bond acceptors (Lipinski definition) is 6. The molecule has 0 saturated heterocycles. The van der Waals surface area contributed by atoms with Gasteiger partial charge in [0.25, 0.3) is 0 Å². The quantitative estimate of drug-likeness (QED) is 0.822. The number of halogens is 3. The fourth-order valence-corrected chi connectivity index (χ4v) is 3.93. The average molecular weight is 391 g/mol. The summed E-state index contributed by atoms with van der Waals surface area (Å²) in [7, 11) is 0. The molecule has 10 heteroatoms. The van der Waals surface area contributed by atoms with Crippen LogP contribution in [0.1, 0.15) is 37.8 Å². The van der Waals surface area contributed by atoms with Crippen molar-refractivity contribution in [3.05, 3.63) is 42.2 Å². The van der Waals surface area contributed by atoms with Crippen LogP contribution in [-0.2, 0) is 6.18 Å². The molecule has 1 fully saturated rings. The van der Waals surface area contributed by atoms with Crippen molar-refractivity contribution in [2.75, 3.05) is 4.90 Å². The Kier molecular flexibility index (Phi) is 4.28. The summed E-state index contributed by atoms with van der Waals surface area (Å²) in [6.07, 6.45) is 1.19. The van der Waals surface area contributed by atoms with Gasteiger partial charge >= 0.3 is 6.18 Å². The fraction of sp³-hybridized carbons (Fsp3) is 0.389. The van der Waals surface area contributed by atoms with E-state index in [2.05, 4.69) is 15.1 Å². The van der Waals surface area contributed by atoms with Crippen molar-refractivity contribution in [1.82, 2.24) is 9.78 Å². The van der Waals surface area contributed by atoms with E-state index in [1.165, 1.54) is 10.9 Å². The molecule has 0 radical (unpaired) electrons. The first-order valence-electron chi connectivity index (χ1n) is 9.02. The highest BCUT2D eigenvalue weighted by Crippen LogP contribution is 2.41. The highest BCUT2D eigenvalue weighted by atomic mass is 19.4. The molecular formula is C18H20F3N7. The molecule has 1 saturated carbocycles. The van der Waals surface area contributed by atoms with E-state index in [1.807, 2.05) is 0 Å². The largest absolute Gasteiger partial charge is 0.435 e. The predicted octanol–water partition coefficient (Wildman–Crippen LogP) is 3.00. The van der Waals surface area contributed by atoms with Crippen molar-refractivity contribution in [2.24, 2.45) is 21.5 Å². The predicted molar refractivity (Wildman–Crippen MR) is 100 cm³/mol. The van der Waals surface area contributed by atoms with Gasteiger partial charge in [-0.3, -0.25) is 4.90 Å². The summed E-state index contributed by atoms with van der Waals surface area (Å²) in [5.74, 6) is 0.289. The van der Waals surface area contributed by atoms with Gasteiger partial charge in [0, 0.05) is 6.20 Å². The molecule has 1 spiro atoms. The van der Waals surface area contributed by atoms with Crippen molar-refractivity contribution in [3.63, 3.8) is 0 Å². The summed E-state index contributed by atoms with van der Waals surface area (Å²) in [5.41, 5.74) is 11.5. The number of para-hydroxylation sites is 2. The van der Waals surface area contributed by atoms with Crippen LogP contribution in [0.2, 0.25) is 0 Å². The van der Waals surface area contributed by atoms with Gasteiger partial charge in [-0.1, -0.05) is 18.6 Å². The molecule has 0 bridgehead atoms. The van der Waals surface area contributed by atoms with Crippen molar-refractivity contribution < 1.29 is 13.2 Å². The Morgan fingerprint density at radius 1 is 0.964 bits per heavy atom. The van der Waals surface area contributed by atoms with Gasteiger partial charge in [-0.25, -0.2) is 9.67 Å². The number of nitrogens with zero attached hydrogens (tertiary/aromatic N) is 5. The second-order valence-corrected chi connectivity index (χ2v) is 6.95. The number of aliphatic imine (C=N–C) groups is 2. The summed E-state index contributed by atoms with van der Waals surface area (Å²) in [6.45, 7) is 0. The molecule has 0 atom stereocenters. The molecule has 0 unspecified atom stereocenters. The SMILES string of the molecule is NC1=NC2(CCCCC2)N(c2ccccc2-n2ccc(C(F)(F)F)n2)C(N)=N1. The normalized spacial score (nSPS) is 19.5. The Balaban J connectivity index is 1.83. The van der Waals surface area contributed by atoms with E-state index in [0.29, 0.717) is 11.4 Å². The maximum atomic E-state index is 13.0. The van der Waals surface area contributed by atoms with Crippen LogP contribution in [0.5, 0.6) is 0 Å². The zero-order valence-corrected chi connectivity index (χ0v) is 15.0. The van der Waals surface area contributed by atoms with Crippen molar-refractivity contribution >= 4 is 17.6 Å². The van der Waals surface area contributed by atoms with E-state index in [0.717, 1.165) is 38.2 Å².